The fourth-order valence-electron chi connectivity index (χ4n) is 3.00. The van der Waals surface area contributed by atoms with Crippen LogP contribution in [0.1, 0.15) is 37.8 Å². The van der Waals surface area contributed by atoms with Gasteiger partial charge in [0.2, 0.25) is 15.9 Å². The zero-order valence-electron chi connectivity index (χ0n) is 17.3. The van der Waals surface area contributed by atoms with Gasteiger partial charge in [0.1, 0.15) is 5.75 Å². The predicted molar refractivity (Wildman–Crippen MR) is 117 cm³/mol. The monoisotopic (exact) mass is 418 g/mol. The van der Waals surface area contributed by atoms with Crippen LogP contribution in [0.2, 0.25) is 0 Å². The standard InChI is InChI=1S/C22H30N2O4S/c1-4-18-12-14-20(15-13-18)24(29(3,26)27)16-8-11-22(25)23-17-19-9-6-7-10-21(19)28-5-2/h6-7,9-10,12-15H,4-5,8,11,16-17H2,1-3H3,(H,23,25). The topological polar surface area (TPSA) is 75.7 Å². The summed E-state index contributed by atoms with van der Waals surface area (Å²) in [5, 5.41) is 2.88. The van der Waals surface area contributed by atoms with Crippen LogP contribution in [0.5, 0.6) is 5.75 Å². The van der Waals surface area contributed by atoms with Gasteiger partial charge in [-0.2, -0.15) is 0 Å². The second-order valence-electron chi connectivity index (χ2n) is 6.78. The number of sulfonamides is 1. The predicted octanol–water partition coefficient (Wildman–Crippen LogP) is 3.51. The van der Waals surface area contributed by atoms with E-state index in [-0.39, 0.29) is 18.9 Å². The molecule has 6 nitrogen and oxygen atoms in total. The van der Waals surface area contributed by atoms with Crippen molar-refractivity contribution in [3.63, 3.8) is 0 Å². The van der Waals surface area contributed by atoms with Crippen LogP contribution < -0.4 is 14.4 Å². The van der Waals surface area contributed by atoms with Gasteiger partial charge in [-0.25, -0.2) is 8.42 Å². The van der Waals surface area contributed by atoms with Gasteiger partial charge in [-0.1, -0.05) is 37.3 Å². The number of nitrogens with zero attached hydrogens (tertiary/aromatic N) is 1. The number of hydrogen-bond donors (Lipinski definition) is 1. The van der Waals surface area contributed by atoms with Crippen molar-refractivity contribution in [2.75, 3.05) is 23.7 Å². The van der Waals surface area contributed by atoms with Gasteiger partial charge in [0.25, 0.3) is 0 Å². The van der Waals surface area contributed by atoms with Crippen LogP contribution in [0, 0.1) is 0 Å². The number of hydrogen-bond acceptors (Lipinski definition) is 4. The lowest BCUT2D eigenvalue weighted by molar-refractivity contribution is -0.121. The highest BCUT2D eigenvalue weighted by Crippen LogP contribution is 2.20. The zero-order chi connectivity index (χ0) is 21.3. The molecule has 0 spiro atoms. The van der Waals surface area contributed by atoms with Gasteiger partial charge < -0.3 is 10.1 Å². The molecule has 0 saturated heterocycles. The lowest BCUT2D eigenvalue weighted by Crippen LogP contribution is -2.32. The summed E-state index contributed by atoms with van der Waals surface area (Å²) in [5.41, 5.74) is 2.68. The number of benzene rings is 2. The summed E-state index contributed by atoms with van der Waals surface area (Å²) in [7, 11) is -3.42. The third-order valence-electron chi connectivity index (χ3n) is 4.55. The number of nitrogens with one attached hydrogen (secondary N) is 1. The van der Waals surface area contributed by atoms with Gasteiger partial charge in [0.15, 0.2) is 0 Å². The van der Waals surface area contributed by atoms with Crippen LogP contribution in [-0.2, 0) is 27.8 Å². The van der Waals surface area contributed by atoms with Gasteiger partial charge in [-0.3, -0.25) is 9.10 Å². The average Bonchev–Trinajstić information content (AvgIpc) is 2.70. The Balaban J connectivity index is 1.89. The molecule has 0 radical (unpaired) electrons. The van der Waals surface area contributed by atoms with Gasteiger partial charge in [-0.05, 0) is 43.5 Å². The molecule has 2 rings (SSSR count). The van der Waals surface area contributed by atoms with Crippen LogP contribution in [0.15, 0.2) is 48.5 Å². The molecular weight excluding hydrogens is 388 g/mol. The van der Waals surface area contributed by atoms with E-state index in [0.29, 0.717) is 25.3 Å². The molecule has 1 amide bonds. The van der Waals surface area contributed by atoms with E-state index < -0.39 is 10.0 Å². The summed E-state index contributed by atoms with van der Waals surface area (Å²) in [6.07, 6.45) is 2.76. The summed E-state index contributed by atoms with van der Waals surface area (Å²) in [4.78, 5) is 12.2. The van der Waals surface area contributed by atoms with E-state index in [1.807, 2.05) is 55.5 Å². The SMILES string of the molecule is CCOc1ccccc1CNC(=O)CCCN(c1ccc(CC)cc1)S(C)(=O)=O. The summed E-state index contributed by atoms with van der Waals surface area (Å²) < 4.78 is 31.3. The molecule has 0 aliphatic rings. The molecule has 158 valence electrons. The first-order valence-corrected chi connectivity index (χ1v) is 11.7. The number of anilines is 1. The van der Waals surface area contributed by atoms with Gasteiger partial charge >= 0.3 is 0 Å². The van der Waals surface area contributed by atoms with Crippen LogP contribution in [0.3, 0.4) is 0 Å². The van der Waals surface area contributed by atoms with Gasteiger partial charge in [0.05, 0.1) is 18.6 Å². The molecule has 2 aromatic rings. The molecule has 0 atom stereocenters. The average molecular weight is 419 g/mol. The second-order valence-corrected chi connectivity index (χ2v) is 8.68. The Morgan fingerprint density at radius 3 is 2.38 bits per heavy atom. The Morgan fingerprint density at radius 1 is 1.07 bits per heavy atom. The zero-order valence-corrected chi connectivity index (χ0v) is 18.2. The Hall–Kier alpha value is -2.54. The molecule has 0 aliphatic carbocycles. The number of aryl methyl sites for hydroxylation is 1. The first kappa shape index (κ1) is 22.7. The molecule has 0 aliphatic heterocycles. The minimum absolute atomic E-state index is 0.119. The van der Waals surface area contributed by atoms with Crippen molar-refractivity contribution < 1.29 is 17.9 Å². The number of carbonyl (C=O) groups is 1. The number of para-hydroxylation sites is 1. The molecular formula is C22H30N2O4S. The van der Waals surface area contributed by atoms with Crippen LogP contribution >= 0.6 is 0 Å². The fourth-order valence-corrected chi connectivity index (χ4v) is 3.96. The summed E-state index contributed by atoms with van der Waals surface area (Å²) >= 11 is 0. The maximum absolute atomic E-state index is 12.2. The first-order chi connectivity index (χ1) is 13.8. The highest BCUT2D eigenvalue weighted by molar-refractivity contribution is 7.92. The normalized spacial score (nSPS) is 11.1. The third kappa shape index (κ3) is 7.09. The maximum Gasteiger partial charge on any atom is 0.232 e. The molecule has 0 fully saturated rings. The largest absolute Gasteiger partial charge is 0.494 e. The number of rotatable bonds is 11. The van der Waals surface area contributed by atoms with E-state index >= 15 is 0 Å². The summed E-state index contributed by atoms with van der Waals surface area (Å²) in [6.45, 7) is 5.16. The number of ether oxygens (including phenoxy) is 1. The van der Waals surface area contributed by atoms with E-state index in [2.05, 4.69) is 12.2 Å². The van der Waals surface area contributed by atoms with E-state index in [0.717, 1.165) is 23.3 Å². The van der Waals surface area contributed by atoms with Crippen molar-refractivity contribution >= 4 is 21.6 Å². The quantitative estimate of drug-likeness (QED) is 0.606. The van der Waals surface area contributed by atoms with Crippen LogP contribution in [0.25, 0.3) is 0 Å². The molecule has 0 heterocycles. The van der Waals surface area contributed by atoms with Crippen molar-refractivity contribution in [1.82, 2.24) is 5.32 Å². The minimum atomic E-state index is -3.42. The molecule has 2 aromatic carbocycles. The Labute approximate surface area is 173 Å². The molecule has 0 unspecified atom stereocenters. The van der Waals surface area contributed by atoms with Gasteiger partial charge in [-0.15, -0.1) is 0 Å². The Bertz CT molecular complexity index is 895. The smallest absolute Gasteiger partial charge is 0.232 e. The lowest BCUT2D eigenvalue weighted by Gasteiger charge is -2.22. The highest BCUT2D eigenvalue weighted by atomic mass is 32.2. The molecule has 0 saturated carbocycles. The number of amides is 1. The van der Waals surface area contributed by atoms with Crippen molar-refractivity contribution in [1.29, 1.82) is 0 Å². The number of carbonyl (C=O) groups excluding carboxylic acids is 1. The highest BCUT2D eigenvalue weighted by Gasteiger charge is 2.17. The third-order valence-corrected chi connectivity index (χ3v) is 5.74. The molecule has 1 N–H and O–H groups in total. The molecule has 29 heavy (non-hydrogen) atoms. The van der Waals surface area contributed by atoms with Crippen molar-refractivity contribution in [3.05, 3.63) is 59.7 Å². The maximum atomic E-state index is 12.2. The van der Waals surface area contributed by atoms with Crippen LogP contribution in [-0.4, -0.2) is 33.7 Å². The second kappa shape index (κ2) is 10.9. The Kier molecular flexibility index (Phi) is 8.51. The molecule has 0 bridgehead atoms. The minimum Gasteiger partial charge on any atom is -0.494 e. The van der Waals surface area contributed by atoms with Crippen LogP contribution in [0.4, 0.5) is 5.69 Å². The van der Waals surface area contributed by atoms with E-state index in [4.69, 9.17) is 4.74 Å². The molecule has 7 heteroatoms. The summed E-state index contributed by atoms with van der Waals surface area (Å²) in [5.74, 6) is 0.639. The first-order valence-electron chi connectivity index (χ1n) is 9.89. The van der Waals surface area contributed by atoms with Crippen molar-refractivity contribution in [2.45, 2.75) is 39.7 Å². The fraction of sp³-hybridized carbons (Fsp3) is 0.409. The molecule has 0 aromatic heterocycles. The van der Waals surface area contributed by atoms with Crippen molar-refractivity contribution in [2.24, 2.45) is 0 Å². The summed E-state index contributed by atoms with van der Waals surface area (Å²) in [6, 6.07) is 15.1. The van der Waals surface area contributed by atoms with Crippen molar-refractivity contribution in [3.8, 4) is 5.75 Å². The van der Waals surface area contributed by atoms with Gasteiger partial charge in [0, 0.05) is 25.1 Å². The lowest BCUT2D eigenvalue weighted by atomic mass is 10.1. The van der Waals surface area contributed by atoms with E-state index in [9.17, 15) is 13.2 Å². The van der Waals surface area contributed by atoms with E-state index in [1.54, 1.807) is 0 Å². The Morgan fingerprint density at radius 2 is 1.76 bits per heavy atom. The van der Waals surface area contributed by atoms with E-state index in [1.165, 1.54) is 10.6 Å².